The van der Waals surface area contributed by atoms with Gasteiger partial charge >= 0.3 is 5.69 Å². The van der Waals surface area contributed by atoms with E-state index in [2.05, 4.69) is 32.0 Å². The van der Waals surface area contributed by atoms with Gasteiger partial charge in [-0.3, -0.25) is 22.9 Å². The smallest absolute Gasteiger partial charge is 0.283 e. The van der Waals surface area contributed by atoms with Gasteiger partial charge in [0.15, 0.2) is 11.2 Å². The highest BCUT2D eigenvalue weighted by Gasteiger charge is 2.21. The molecule has 3 heterocycles. The lowest BCUT2D eigenvalue weighted by Crippen LogP contribution is -2.39. The minimum atomic E-state index is -0.318. The van der Waals surface area contributed by atoms with Crippen molar-refractivity contribution in [2.24, 2.45) is 7.05 Å². The maximum Gasteiger partial charge on any atom is 0.332 e. The van der Waals surface area contributed by atoms with Gasteiger partial charge in [0.2, 0.25) is 5.78 Å². The van der Waals surface area contributed by atoms with Crippen molar-refractivity contribution in [2.75, 3.05) is 0 Å². The number of hydrogen-bond donors (Lipinski definition) is 0. The summed E-state index contributed by atoms with van der Waals surface area (Å²) >= 11 is 0. The Morgan fingerprint density at radius 3 is 2.57 bits per heavy atom. The monoisotopic (exact) mass is 379 g/mol. The van der Waals surface area contributed by atoms with Crippen LogP contribution in [0.3, 0.4) is 0 Å². The van der Waals surface area contributed by atoms with E-state index >= 15 is 0 Å². The van der Waals surface area contributed by atoms with Gasteiger partial charge in [-0.1, -0.05) is 25.5 Å². The molecule has 0 spiro atoms. The zero-order chi connectivity index (χ0) is 20.2. The van der Waals surface area contributed by atoms with Gasteiger partial charge in [0.05, 0.1) is 5.69 Å². The molecule has 7 heteroatoms. The van der Waals surface area contributed by atoms with Gasteiger partial charge in [-0.25, -0.2) is 4.79 Å². The second-order valence-electron chi connectivity index (χ2n) is 7.50. The fourth-order valence-corrected chi connectivity index (χ4v) is 3.78. The highest BCUT2D eigenvalue weighted by atomic mass is 16.2. The second-order valence-corrected chi connectivity index (χ2v) is 7.50. The predicted octanol–water partition coefficient (Wildman–Crippen LogP) is 2.86. The van der Waals surface area contributed by atoms with Gasteiger partial charge in [0, 0.05) is 25.5 Å². The Balaban J connectivity index is 2.11. The van der Waals surface area contributed by atoms with Crippen LogP contribution in [-0.4, -0.2) is 23.1 Å². The molecule has 7 nitrogen and oxygen atoms in total. The van der Waals surface area contributed by atoms with Crippen molar-refractivity contribution in [1.29, 1.82) is 0 Å². The molecule has 0 radical (unpaired) electrons. The van der Waals surface area contributed by atoms with Crippen LogP contribution in [0.5, 0.6) is 0 Å². The first-order valence-electron chi connectivity index (χ1n) is 9.62. The van der Waals surface area contributed by atoms with E-state index in [0.717, 1.165) is 35.3 Å². The molecule has 1 aromatic carbocycles. The molecule has 0 saturated carbocycles. The van der Waals surface area contributed by atoms with E-state index < -0.39 is 0 Å². The molecule has 28 heavy (non-hydrogen) atoms. The average molecular weight is 379 g/mol. The summed E-state index contributed by atoms with van der Waals surface area (Å²) in [6, 6.07) is 6.27. The quantitative estimate of drug-likeness (QED) is 0.548. The first-order valence-corrected chi connectivity index (χ1v) is 9.62. The SMILES string of the molecule is CCCCn1c(=O)c2c(nc3n(-c4cc(C)ccc4C)c(C)cn23)n(C)c1=O. The van der Waals surface area contributed by atoms with Crippen molar-refractivity contribution in [1.82, 2.24) is 23.1 Å². The van der Waals surface area contributed by atoms with Crippen LogP contribution in [-0.2, 0) is 13.6 Å². The fraction of sp³-hybridized carbons (Fsp3) is 0.381. The third-order valence-electron chi connectivity index (χ3n) is 5.37. The van der Waals surface area contributed by atoms with Crippen LogP contribution in [0.15, 0.2) is 34.0 Å². The number of fused-ring (bicyclic) bond motifs is 3. The van der Waals surface area contributed by atoms with Crippen molar-refractivity contribution in [3.05, 3.63) is 62.1 Å². The van der Waals surface area contributed by atoms with Crippen LogP contribution in [0, 0.1) is 20.8 Å². The molecule has 0 aliphatic carbocycles. The summed E-state index contributed by atoms with van der Waals surface area (Å²) in [4.78, 5) is 30.5. The van der Waals surface area contributed by atoms with Gasteiger partial charge < -0.3 is 0 Å². The first kappa shape index (κ1) is 18.3. The fourth-order valence-electron chi connectivity index (χ4n) is 3.78. The van der Waals surface area contributed by atoms with Gasteiger partial charge in [-0.15, -0.1) is 0 Å². The van der Waals surface area contributed by atoms with Crippen LogP contribution >= 0.6 is 0 Å². The van der Waals surface area contributed by atoms with Crippen molar-refractivity contribution in [3.8, 4) is 5.69 Å². The molecule has 0 bridgehead atoms. The molecule has 0 fully saturated rings. The standard InChI is InChI=1S/C21H25N5O2/c1-6-7-10-24-19(27)17-18(23(5)21(24)28)22-20-25(17)12-15(4)26(20)16-11-13(2)8-9-14(16)3/h8-9,11-12H,6-7,10H2,1-5H3. The molecule has 0 aliphatic rings. The Hall–Kier alpha value is -3.09. The van der Waals surface area contributed by atoms with E-state index in [4.69, 9.17) is 4.98 Å². The van der Waals surface area contributed by atoms with Crippen molar-refractivity contribution >= 4 is 16.9 Å². The first-order chi connectivity index (χ1) is 13.3. The molecule has 0 N–H and O–H groups in total. The molecule has 0 saturated heterocycles. The third kappa shape index (κ3) is 2.53. The van der Waals surface area contributed by atoms with Gasteiger partial charge in [-0.2, -0.15) is 4.98 Å². The van der Waals surface area contributed by atoms with Crippen molar-refractivity contribution in [2.45, 2.75) is 47.1 Å². The normalized spacial score (nSPS) is 11.8. The van der Waals surface area contributed by atoms with E-state index in [1.54, 1.807) is 7.05 Å². The number of aromatic nitrogens is 5. The van der Waals surface area contributed by atoms with Gasteiger partial charge in [-0.05, 0) is 44.4 Å². The van der Waals surface area contributed by atoms with E-state index in [1.165, 1.54) is 9.13 Å². The molecule has 4 rings (SSSR count). The van der Waals surface area contributed by atoms with Crippen molar-refractivity contribution < 1.29 is 0 Å². The molecule has 0 atom stereocenters. The number of imidazole rings is 2. The molecule has 0 amide bonds. The van der Waals surface area contributed by atoms with Crippen LogP contribution in [0.4, 0.5) is 0 Å². The Morgan fingerprint density at radius 1 is 1.11 bits per heavy atom. The number of aryl methyl sites for hydroxylation is 4. The number of benzene rings is 1. The Kier molecular flexibility index (Phi) is 4.25. The van der Waals surface area contributed by atoms with Crippen LogP contribution in [0.1, 0.15) is 36.6 Å². The number of hydrogen-bond acceptors (Lipinski definition) is 3. The summed E-state index contributed by atoms with van der Waals surface area (Å²) in [6.45, 7) is 8.57. The summed E-state index contributed by atoms with van der Waals surface area (Å²) in [5, 5.41) is 0. The maximum absolute atomic E-state index is 13.1. The third-order valence-corrected chi connectivity index (χ3v) is 5.37. The van der Waals surface area contributed by atoms with E-state index in [-0.39, 0.29) is 11.2 Å². The second kappa shape index (κ2) is 6.51. The summed E-state index contributed by atoms with van der Waals surface area (Å²) in [6.07, 6.45) is 3.62. The lowest BCUT2D eigenvalue weighted by atomic mass is 10.1. The summed E-state index contributed by atoms with van der Waals surface area (Å²) in [5.74, 6) is 0.640. The Morgan fingerprint density at radius 2 is 1.86 bits per heavy atom. The summed E-state index contributed by atoms with van der Waals surface area (Å²) < 4.78 is 6.66. The Bertz CT molecular complexity index is 1330. The molecule has 0 unspecified atom stereocenters. The number of rotatable bonds is 4. The summed E-state index contributed by atoms with van der Waals surface area (Å²) in [7, 11) is 1.67. The van der Waals surface area contributed by atoms with Crippen LogP contribution < -0.4 is 11.2 Å². The molecule has 3 aromatic heterocycles. The van der Waals surface area contributed by atoms with Gasteiger partial charge in [0.1, 0.15) is 0 Å². The predicted molar refractivity (Wildman–Crippen MR) is 111 cm³/mol. The minimum Gasteiger partial charge on any atom is -0.283 e. The molecular formula is C21H25N5O2. The van der Waals surface area contributed by atoms with Crippen molar-refractivity contribution in [3.63, 3.8) is 0 Å². The largest absolute Gasteiger partial charge is 0.332 e. The average Bonchev–Trinajstić information content (AvgIpc) is 3.17. The topological polar surface area (TPSA) is 66.2 Å². The van der Waals surface area contributed by atoms with E-state index in [0.29, 0.717) is 23.5 Å². The van der Waals surface area contributed by atoms with E-state index in [9.17, 15) is 9.59 Å². The molecule has 146 valence electrons. The molecule has 4 aromatic rings. The Labute approximate surface area is 162 Å². The minimum absolute atomic E-state index is 0.280. The lowest BCUT2D eigenvalue weighted by molar-refractivity contribution is 0.566. The lowest BCUT2D eigenvalue weighted by Gasteiger charge is -2.10. The molecular weight excluding hydrogens is 354 g/mol. The van der Waals surface area contributed by atoms with Gasteiger partial charge in [0.25, 0.3) is 5.56 Å². The number of nitrogens with zero attached hydrogens (tertiary/aromatic N) is 5. The molecule has 0 aliphatic heterocycles. The highest BCUT2D eigenvalue weighted by Crippen LogP contribution is 2.24. The summed E-state index contributed by atoms with van der Waals surface area (Å²) in [5.41, 5.74) is 4.53. The zero-order valence-electron chi connectivity index (χ0n) is 17.0. The number of unbranched alkanes of at least 4 members (excludes halogenated alkanes) is 1. The van der Waals surface area contributed by atoms with Crippen LogP contribution in [0.25, 0.3) is 22.6 Å². The highest BCUT2D eigenvalue weighted by molar-refractivity contribution is 5.76. The van der Waals surface area contributed by atoms with E-state index in [1.807, 2.05) is 29.0 Å². The van der Waals surface area contributed by atoms with Crippen LogP contribution in [0.2, 0.25) is 0 Å². The zero-order valence-corrected chi connectivity index (χ0v) is 17.0. The maximum atomic E-state index is 13.1.